The van der Waals surface area contributed by atoms with Gasteiger partial charge in [0.1, 0.15) is 23.8 Å². The standard InChI is InChI=1S/C22H24FIN2O4/c23-16-7-5-14(6-8-16)13-26-18-11-15(22(29)25-9-10-27)12-20(21(18)28)30-19-4-2-1-3-17(19)24/h1-8,12,18,20-21,26-28H,9-11,13H2,(H,25,29). The SMILES string of the molecule is O=C(NCCO)C1=CC(Oc2ccccc2I)C(O)C(NCc2ccc(F)cc2)C1. The van der Waals surface area contributed by atoms with Crippen molar-refractivity contribution < 1.29 is 24.1 Å². The molecule has 3 atom stereocenters. The molecular formula is C22H24FIN2O4. The molecule has 0 radical (unpaired) electrons. The molecule has 1 aliphatic carbocycles. The topological polar surface area (TPSA) is 90.8 Å². The summed E-state index contributed by atoms with van der Waals surface area (Å²) >= 11 is 2.15. The van der Waals surface area contributed by atoms with E-state index in [-0.39, 0.29) is 24.9 Å². The van der Waals surface area contributed by atoms with Crippen LogP contribution < -0.4 is 15.4 Å². The monoisotopic (exact) mass is 526 g/mol. The Morgan fingerprint density at radius 3 is 2.63 bits per heavy atom. The fraction of sp³-hybridized carbons (Fsp3) is 0.318. The maximum atomic E-state index is 13.1. The number of rotatable bonds is 8. The van der Waals surface area contributed by atoms with Gasteiger partial charge in [0.25, 0.3) is 0 Å². The average Bonchev–Trinajstić information content (AvgIpc) is 2.75. The van der Waals surface area contributed by atoms with Gasteiger partial charge in [0, 0.05) is 24.7 Å². The van der Waals surface area contributed by atoms with Crippen LogP contribution in [0.1, 0.15) is 12.0 Å². The van der Waals surface area contributed by atoms with Crippen LogP contribution in [0.25, 0.3) is 0 Å². The summed E-state index contributed by atoms with van der Waals surface area (Å²) < 4.78 is 20.0. The normalized spacial score (nSPS) is 21.1. The zero-order chi connectivity index (χ0) is 21.5. The Morgan fingerprint density at radius 2 is 1.93 bits per heavy atom. The van der Waals surface area contributed by atoms with Crippen molar-refractivity contribution in [1.29, 1.82) is 0 Å². The van der Waals surface area contributed by atoms with Crippen molar-refractivity contribution in [3.63, 3.8) is 0 Å². The Morgan fingerprint density at radius 1 is 1.20 bits per heavy atom. The highest BCUT2D eigenvalue weighted by molar-refractivity contribution is 14.1. The second-order valence-corrected chi connectivity index (χ2v) is 8.16. The fourth-order valence-electron chi connectivity index (χ4n) is 3.24. The quantitative estimate of drug-likeness (QED) is 0.396. The second kappa shape index (κ2) is 10.9. The molecule has 0 heterocycles. The van der Waals surface area contributed by atoms with Crippen LogP contribution in [0.4, 0.5) is 4.39 Å². The van der Waals surface area contributed by atoms with Crippen LogP contribution in [-0.2, 0) is 11.3 Å². The predicted octanol–water partition coefficient (Wildman–Crippen LogP) is 2.14. The van der Waals surface area contributed by atoms with Crippen molar-refractivity contribution in [3.8, 4) is 5.75 Å². The summed E-state index contributed by atoms with van der Waals surface area (Å²) in [7, 11) is 0. The molecule has 0 aromatic heterocycles. The third-order valence-electron chi connectivity index (χ3n) is 4.82. The predicted molar refractivity (Wildman–Crippen MR) is 119 cm³/mol. The molecule has 30 heavy (non-hydrogen) atoms. The molecule has 0 aliphatic heterocycles. The van der Waals surface area contributed by atoms with Crippen LogP contribution in [0, 0.1) is 9.39 Å². The maximum absolute atomic E-state index is 13.1. The smallest absolute Gasteiger partial charge is 0.247 e. The van der Waals surface area contributed by atoms with E-state index in [1.165, 1.54) is 12.1 Å². The van der Waals surface area contributed by atoms with Gasteiger partial charge in [-0.2, -0.15) is 0 Å². The largest absolute Gasteiger partial charge is 0.482 e. The Balaban J connectivity index is 1.77. The lowest BCUT2D eigenvalue weighted by Gasteiger charge is -2.34. The molecule has 1 aliphatic rings. The number of aliphatic hydroxyl groups excluding tert-OH is 2. The molecule has 1 amide bonds. The Bertz CT molecular complexity index is 891. The first-order valence-electron chi connectivity index (χ1n) is 9.64. The number of hydrogen-bond acceptors (Lipinski definition) is 5. The van der Waals surface area contributed by atoms with E-state index in [1.54, 1.807) is 18.2 Å². The maximum Gasteiger partial charge on any atom is 0.247 e. The highest BCUT2D eigenvalue weighted by Crippen LogP contribution is 2.27. The summed E-state index contributed by atoms with van der Waals surface area (Å²) in [6.45, 7) is 0.397. The van der Waals surface area contributed by atoms with E-state index >= 15 is 0 Å². The fourth-order valence-corrected chi connectivity index (χ4v) is 3.75. The minimum Gasteiger partial charge on any atom is -0.482 e. The van der Waals surface area contributed by atoms with Crippen LogP contribution >= 0.6 is 22.6 Å². The van der Waals surface area contributed by atoms with E-state index in [0.29, 0.717) is 24.3 Å². The van der Waals surface area contributed by atoms with Crippen LogP contribution in [0.5, 0.6) is 5.75 Å². The number of carbonyl (C=O) groups excluding carboxylic acids is 1. The van der Waals surface area contributed by atoms with E-state index in [1.807, 2.05) is 24.3 Å². The molecule has 2 aromatic carbocycles. The van der Waals surface area contributed by atoms with Gasteiger partial charge in [-0.1, -0.05) is 24.3 Å². The molecule has 160 valence electrons. The Hall–Kier alpha value is -2.01. The summed E-state index contributed by atoms with van der Waals surface area (Å²) in [5.41, 5.74) is 1.33. The highest BCUT2D eigenvalue weighted by Gasteiger charge is 2.35. The minimum absolute atomic E-state index is 0.147. The van der Waals surface area contributed by atoms with Crippen molar-refractivity contribution in [1.82, 2.24) is 10.6 Å². The van der Waals surface area contributed by atoms with Gasteiger partial charge in [0.2, 0.25) is 5.91 Å². The van der Waals surface area contributed by atoms with Crippen LogP contribution in [0.15, 0.2) is 60.2 Å². The summed E-state index contributed by atoms with van der Waals surface area (Å²) in [5.74, 6) is 0.00162. The van der Waals surface area contributed by atoms with Gasteiger partial charge in [-0.15, -0.1) is 0 Å². The lowest BCUT2D eigenvalue weighted by Crippen LogP contribution is -2.51. The van der Waals surface area contributed by atoms with Gasteiger partial charge in [0.05, 0.1) is 10.2 Å². The zero-order valence-electron chi connectivity index (χ0n) is 16.2. The van der Waals surface area contributed by atoms with Gasteiger partial charge in [-0.25, -0.2) is 4.39 Å². The summed E-state index contributed by atoms with van der Waals surface area (Å²) in [5, 5.41) is 25.8. The molecule has 3 rings (SSSR count). The summed E-state index contributed by atoms with van der Waals surface area (Å²) in [6, 6.07) is 13.1. The van der Waals surface area contributed by atoms with Gasteiger partial charge < -0.3 is 25.6 Å². The lowest BCUT2D eigenvalue weighted by atomic mass is 9.89. The molecule has 0 spiro atoms. The lowest BCUT2D eigenvalue weighted by molar-refractivity contribution is -0.118. The Labute approximate surface area is 188 Å². The van der Waals surface area contributed by atoms with E-state index in [2.05, 4.69) is 33.2 Å². The van der Waals surface area contributed by atoms with E-state index in [4.69, 9.17) is 9.84 Å². The molecule has 0 saturated heterocycles. The number of ether oxygens (including phenoxy) is 1. The number of amides is 1. The average molecular weight is 526 g/mol. The van der Waals surface area contributed by atoms with E-state index in [0.717, 1.165) is 9.13 Å². The number of carbonyl (C=O) groups is 1. The van der Waals surface area contributed by atoms with Gasteiger partial charge in [-0.05, 0) is 64.9 Å². The first-order valence-corrected chi connectivity index (χ1v) is 10.7. The Kier molecular flexibility index (Phi) is 8.20. The zero-order valence-corrected chi connectivity index (χ0v) is 18.4. The number of halogens is 2. The second-order valence-electron chi connectivity index (χ2n) is 6.99. The van der Waals surface area contributed by atoms with Crippen LogP contribution in [-0.4, -0.2) is 47.5 Å². The van der Waals surface area contributed by atoms with Crippen LogP contribution in [0.2, 0.25) is 0 Å². The molecule has 2 aromatic rings. The van der Waals surface area contributed by atoms with Gasteiger partial charge in [-0.3, -0.25) is 4.79 Å². The molecule has 0 fully saturated rings. The van der Waals surface area contributed by atoms with Crippen molar-refractivity contribution in [2.75, 3.05) is 13.2 Å². The summed E-state index contributed by atoms with van der Waals surface area (Å²) in [4.78, 5) is 12.5. The molecule has 4 N–H and O–H groups in total. The van der Waals surface area contributed by atoms with E-state index < -0.39 is 18.2 Å². The third kappa shape index (κ3) is 6.00. The number of aliphatic hydroxyl groups is 2. The molecule has 0 saturated carbocycles. The van der Waals surface area contributed by atoms with Crippen LogP contribution in [0.3, 0.4) is 0 Å². The molecule has 0 bridgehead atoms. The van der Waals surface area contributed by atoms with E-state index in [9.17, 15) is 14.3 Å². The molecular weight excluding hydrogens is 502 g/mol. The summed E-state index contributed by atoms with van der Waals surface area (Å²) in [6.07, 6.45) is 0.313. The number of para-hydroxylation sites is 1. The van der Waals surface area contributed by atoms with Gasteiger partial charge in [0.15, 0.2) is 0 Å². The number of hydrogen-bond donors (Lipinski definition) is 4. The van der Waals surface area contributed by atoms with Gasteiger partial charge >= 0.3 is 0 Å². The minimum atomic E-state index is -0.893. The highest BCUT2D eigenvalue weighted by atomic mass is 127. The third-order valence-corrected chi connectivity index (χ3v) is 5.72. The molecule has 8 heteroatoms. The first kappa shape index (κ1) is 22.7. The number of benzene rings is 2. The van der Waals surface area contributed by atoms with Crippen molar-refractivity contribution in [3.05, 3.63) is 75.1 Å². The van der Waals surface area contributed by atoms with Crippen molar-refractivity contribution in [2.24, 2.45) is 0 Å². The molecule has 6 nitrogen and oxygen atoms in total. The first-order chi connectivity index (χ1) is 14.5. The van der Waals surface area contributed by atoms with Crippen molar-refractivity contribution in [2.45, 2.75) is 31.2 Å². The molecule has 3 unspecified atom stereocenters. The number of nitrogens with one attached hydrogen (secondary N) is 2. The van der Waals surface area contributed by atoms with Crippen molar-refractivity contribution >= 4 is 28.5 Å².